The molecule has 0 atom stereocenters. The van der Waals surface area contributed by atoms with Crippen molar-refractivity contribution in [1.82, 2.24) is 10.2 Å². The lowest BCUT2D eigenvalue weighted by Gasteiger charge is -2.14. The predicted octanol–water partition coefficient (Wildman–Crippen LogP) is 0.887. The Labute approximate surface area is 106 Å². The lowest BCUT2D eigenvalue weighted by Crippen LogP contribution is -2.26. The first-order chi connectivity index (χ1) is 8.14. The van der Waals surface area contributed by atoms with Gasteiger partial charge in [-0.2, -0.15) is 0 Å². The van der Waals surface area contributed by atoms with Gasteiger partial charge in [-0.25, -0.2) is 8.42 Å². The Hall–Kier alpha value is -0.130. The SMILES string of the molecule is CCS(=O)(=O)CCCNCCCN1CCCC1. The normalized spacial score (nSPS) is 17.7. The highest BCUT2D eigenvalue weighted by atomic mass is 32.2. The number of nitrogens with one attached hydrogen (secondary N) is 1. The summed E-state index contributed by atoms with van der Waals surface area (Å²) < 4.78 is 22.5. The van der Waals surface area contributed by atoms with Gasteiger partial charge in [0.25, 0.3) is 0 Å². The fourth-order valence-electron chi connectivity index (χ4n) is 2.12. The van der Waals surface area contributed by atoms with E-state index in [2.05, 4.69) is 10.2 Å². The van der Waals surface area contributed by atoms with Gasteiger partial charge in [-0.1, -0.05) is 6.92 Å². The maximum atomic E-state index is 11.2. The molecule has 102 valence electrons. The lowest BCUT2D eigenvalue weighted by molar-refractivity contribution is 0.331. The molecule has 1 N–H and O–H groups in total. The molecular formula is C12H26N2O2S. The molecule has 0 aliphatic carbocycles. The second-order valence-electron chi connectivity index (χ2n) is 4.74. The monoisotopic (exact) mass is 262 g/mol. The zero-order valence-corrected chi connectivity index (χ0v) is 11.8. The van der Waals surface area contributed by atoms with Gasteiger partial charge in [-0.05, 0) is 58.4 Å². The van der Waals surface area contributed by atoms with Crippen LogP contribution in [0, 0.1) is 0 Å². The predicted molar refractivity (Wildman–Crippen MR) is 72.1 cm³/mol. The molecule has 0 aromatic heterocycles. The molecule has 1 fully saturated rings. The van der Waals surface area contributed by atoms with Crippen LogP contribution in [0.3, 0.4) is 0 Å². The van der Waals surface area contributed by atoms with E-state index in [1.165, 1.54) is 38.9 Å². The van der Waals surface area contributed by atoms with Crippen LogP contribution >= 0.6 is 0 Å². The zero-order chi connectivity index (χ0) is 12.6. The third-order valence-electron chi connectivity index (χ3n) is 3.28. The minimum atomic E-state index is -2.77. The van der Waals surface area contributed by atoms with Crippen molar-refractivity contribution in [3.05, 3.63) is 0 Å². The number of rotatable bonds is 9. The molecule has 0 bridgehead atoms. The van der Waals surface area contributed by atoms with Gasteiger partial charge in [-0.15, -0.1) is 0 Å². The van der Waals surface area contributed by atoms with Crippen molar-refractivity contribution in [2.24, 2.45) is 0 Å². The Morgan fingerprint density at radius 2 is 1.76 bits per heavy atom. The summed E-state index contributed by atoms with van der Waals surface area (Å²) in [4.78, 5) is 2.50. The second kappa shape index (κ2) is 8.06. The van der Waals surface area contributed by atoms with Crippen LogP contribution in [0.2, 0.25) is 0 Å². The van der Waals surface area contributed by atoms with E-state index in [9.17, 15) is 8.42 Å². The standard InChI is InChI=1S/C12H26N2O2S/c1-2-17(15,16)12-6-8-13-7-5-11-14-9-3-4-10-14/h13H,2-12H2,1H3. The first-order valence-electron chi connectivity index (χ1n) is 6.77. The van der Waals surface area contributed by atoms with Crippen molar-refractivity contribution in [2.75, 3.05) is 44.2 Å². The summed E-state index contributed by atoms with van der Waals surface area (Å²) in [5.41, 5.74) is 0. The van der Waals surface area contributed by atoms with E-state index in [0.29, 0.717) is 5.75 Å². The fraction of sp³-hybridized carbons (Fsp3) is 1.00. The zero-order valence-electron chi connectivity index (χ0n) is 11.0. The van der Waals surface area contributed by atoms with E-state index in [0.717, 1.165) is 19.5 Å². The Bertz CT molecular complexity index is 285. The average Bonchev–Trinajstić information content (AvgIpc) is 2.81. The quantitative estimate of drug-likeness (QED) is 0.627. The van der Waals surface area contributed by atoms with E-state index in [1.54, 1.807) is 6.92 Å². The van der Waals surface area contributed by atoms with Crippen LogP contribution < -0.4 is 5.32 Å². The molecule has 5 heteroatoms. The van der Waals surface area contributed by atoms with Crippen molar-refractivity contribution in [2.45, 2.75) is 32.6 Å². The number of hydrogen-bond acceptors (Lipinski definition) is 4. The van der Waals surface area contributed by atoms with Crippen molar-refractivity contribution < 1.29 is 8.42 Å². The highest BCUT2D eigenvalue weighted by Gasteiger charge is 2.10. The summed E-state index contributed by atoms with van der Waals surface area (Å²) in [7, 11) is -2.77. The summed E-state index contributed by atoms with van der Waals surface area (Å²) in [5, 5.41) is 3.31. The minimum absolute atomic E-state index is 0.266. The number of nitrogens with zero attached hydrogens (tertiary/aromatic N) is 1. The van der Waals surface area contributed by atoms with Gasteiger partial charge in [0, 0.05) is 5.75 Å². The van der Waals surface area contributed by atoms with Crippen molar-refractivity contribution in [3.8, 4) is 0 Å². The smallest absolute Gasteiger partial charge is 0.150 e. The van der Waals surface area contributed by atoms with E-state index in [4.69, 9.17) is 0 Å². The van der Waals surface area contributed by atoms with E-state index < -0.39 is 9.84 Å². The topological polar surface area (TPSA) is 49.4 Å². The summed E-state index contributed by atoms with van der Waals surface area (Å²) >= 11 is 0. The summed E-state index contributed by atoms with van der Waals surface area (Å²) in [6.45, 7) is 7.23. The molecule has 0 spiro atoms. The maximum Gasteiger partial charge on any atom is 0.150 e. The Balaban J connectivity index is 1.87. The molecule has 1 aliphatic heterocycles. The largest absolute Gasteiger partial charge is 0.317 e. The van der Waals surface area contributed by atoms with Crippen LogP contribution in [0.1, 0.15) is 32.6 Å². The Kier molecular flexibility index (Phi) is 7.08. The van der Waals surface area contributed by atoms with E-state index in [-0.39, 0.29) is 5.75 Å². The third kappa shape index (κ3) is 7.01. The molecule has 0 radical (unpaired) electrons. The van der Waals surface area contributed by atoms with Gasteiger partial charge in [0.2, 0.25) is 0 Å². The fourth-order valence-corrected chi connectivity index (χ4v) is 2.99. The minimum Gasteiger partial charge on any atom is -0.317 e. The van der Waals surface area contributed by atoms with Crippen LogP contribution in [-0.4, -0.2) is 57.5 Å². The molecule has 0 saturated carbocycles. The molecule has 0 aromatic rings. The summed E-state index contributed by atoms with van der Waals surface area (Å²) in [6.07, 6.45) is 4.60. The summed E-state index contributed by atoms with van der Waals surface area (Å²) in [5.74, 6) is 0.588. The molecule has 0 amide bonds. The van der Waals surface area contributed by atoms with Crippen molar-refractivity contribution in [3.63, 3.8) is 0 Å². The van der Waals surface area contributed by atoms with Crippen molar-refractivity contribution >= 4 is 9.84 Å². The molecule has 17 heavy (non-hydrogen) atoms. The molecule has 1 heterocycles. The van der Waals surface area contributed by atoms with Crippen molar-refractivity contribution in [1.29, 1.82) is 0 Å². The molecule has 1 aliphatic rings. The number of sulfone groups is 1. The highest BCUT2D eigenvalue weighted by Crippen LogP contribution is 2.06. The van der Waals surface area contributed by atoms with Crippen LogP contribution in [0.15, 0.2) is 0 Å². The lowest BCUT2D eigenvalue weighted by atomic mass is 10.3. The third-order valence-corrected chi connectivity index (χ3v) is 5.07. The van der Waals surface area contributed by atoms with E-state index in [1.807, 2.05) is 0 Å². The van der Waals surface area contributed by atoms with Gasteiger partial charge in [0.15, 0.2) is 0 Å². The molecular weight excluding hydrogens is 236 g/mol. The Morgan fingerprint density at radius 1 is 1.12 bits per heavy atom. The first-order valence-corrected chi connectivity index (χ1v) is 8.59. The van der Waals surface area contributed by atoms with E-state index >= 15 is 0 Å². The molecule has 0 unspecified atom stereocenters. The molecule has 4 nitrogen and oxygen atoms in total. The van der Waals surface area contributed by atoms with Gasteiger partial charge < -0.3 is 10.2 Å². The van der Waals surface area contributed by atoms with Crippen LogP contribution in [0.25, 0.3) is 0 Å². The van der Waals surface area contributed by atoms with Crippen LogP contribution in [0.4, 0.5) is 0 Å². The molecule has 0 aromatic carbocycles. The van der Waals surface area contributed by atoms with Gasteiger partial charge in [-0.3, -0.25) is 0 Å². The second-order valence-corrected chi connectivity index (χ2v) is 7.21. The van der Waals surface area contributed by atoms with Gasteiger partial charge >= 0.3 is 0 Å². The number of hydrogen-bond donors (Lipinski definition) is 1. The highest BCUT2D eigenvalue weighted by molar-refractivity contribution is 7.91. The summed E-state index contributed by atoms with van der Waals surface area (Å²) in [6, 6.07) is 0. The average molecular weight is 262 g/mol. The van der Waals surface area contributed by atoms with Crippen LogP contribution in [-0.2, 0) is 9.84 Å². The van der Waals surface area contributed by atoms with Crippen LogP contribution in [0.5, 0.6) is 0 Å². The number of likely N-dealkylation sites (tertiary alicyclic amines) is 1. The maximum absolute atomic E-state index is 11.2. The Morgan fingerprint density at radius 3 is 2.41 bits per heavy atom. The van der Waals surface area contributed by atoms with Gasteiger partial charge in [0.1, 0.15) is 9.84 Å². The molecule has 1 rings (SSSR count). The molecule has 1 saturated heterocycles. The first kappa shape index (κ1) is 14.9. The van der Waals surface area contributed by atoms with Gasteiger partial charge in [0.05, 0.1) is 5.75 Å².